The molecule has 2 aromatic rings. The first-order valence-electron chi connectivity index (χ1n) is 8.09. The van der Waals surface area contributed by atoms with Crippen LogP contribution in [0.4, 0.5) is 4.39 Å². The van der Waals surface area contributed by atoms with Crippen LogP contribution in [0.15, 0.2) is 53.2 Å². The van der Waals surface area contributed by atoms with Crippen LogP contribution in [-0.2, 0) is 9.53 Å². The van der Waals surface area contributed by atoms with E-state index in [0.717, 1.165) is 0 Å². The number of rotatable bonds is 4. The first-order chi connectivity index (χ1) is 12.1. The number of carbonyl (C=O) groups is 2. The zero-order valence-electron chi connectivity index (χ0n) is 13.6. The summed E-state index contributed by atoms with van der Waals surface area (Å²) in [6.07, 6.45) is 5.18. The Morgan fingerprint density at radius 3 is 2.60 bits per heavy atom. The summed E-state index contributed by atoms with van der Waals surface area (Å²) in [6, 6.07) is 9.39. The van der Waals surface area contributed by atoms with Gasteiger partial charge in [0.1, 0.15) is 17.7 Å². The molecule has 0 saturated carbocycles. The summed E-state index contributed by atoms with van der Waals surface area (Å²) in [5.74, 6) is -0.734. The molecule has 0 bridgehead atoms. The van der Waals surface area contributed by atoms with E-state index in [2.05, 4.69) is 0 Å². The van der Waals surface area contributed by atoms with Gasteiger partial charge in [0.15, 0.2) is 0 Å². The lowest BCUT2D eigenvalue weighted by molar-refractivity contribution is -0.144. The van der Waals surface area contributed by atoms with Crippen LogP contribution >= 0.6 is 0 Å². The zero-order chi connectivity index (χ0) is 17.6. The molecule has 1 fully saturated rings. The molecule has 6 heteroatoms. The second-order valence-corrected chi connectivity index (χ2v) is 5.76. The first kappa shape index (κ1) is 17.0. The van der Waals surface area contributed by atoms with Crippen molar-refractivity contribution in [3.05, 3.63) is 65.9 Å². The minimum atomic E-state index is -0.524. The van der Waals surface area contributed by atoms with E-state index >= 15 is 0 Å². The third kappa shape index (κ3) is 4.35. The SMILES string of the molecule is O=C(/C=C/c1ccco1)OC1CCN(C(=O)c2ccccc2F)CC1. The Bertz CT molecular complexity index is 761. The topological polar surface area (TPSA) is 59.8 Å². The highest BCUT2D eigenvalue weighted by atomic mass is 19.1. The van der Waals surface area contributed by atoms with E-state index in [1.807, 2.05) is 0 Å². The molecule has 130 valence electrons. The van der Waals surface area contributed by atoms with Gasteiger partial charge in [-0.1, -0.05) is 12.1 Å². The number of piperidine rings is 1. The number of carbonyl (C=O) groups excluding carboxylic acids is 2. The first-order valence-corrected chi connectivity index (χ1v) is 8.09. The van der Waals surface area contributed by atoms with Crippen LogP contribution in [-0.4, -0.2) is 36.0 Å². The van der Waals surface area contributed by atoms with Crippen molar-refractivity contribution in [3.63, 3.8) is 0 Å². The van der Waals surface area contributed by atoms with Crippen LogP contribution in [0.3, 0.4) is 0 Å². The molecule has 0 spiro atoms. The molecule has 1 aliphatic rings. The molecule has 1 aromatic heterocycles. The third-order valence-corrected chi connectivity index (χ3v) is 4.04. The number of amides is 1. The highest BCUT2D eigenvalue weighted by Gasteiger charge is 2.26. The summed E-state index contributed by atoms with van der Waals surface area (Å²) in [6.45, 7) is 0.847. The number of esters is 1. The minimum Gasteiger partial charge on any atom is -0.465 e. The molecule has 0 unspecified atom stereocenters. The van der Waals surface area contributed by atoms with Gasteiger partial charge in [0, 0.05) is 32.0 Å². The van der Waals surface area contributed by atoms with Gasteiger partial charge in [-0.2, -0.15) is 0 Å². The average molecular weight is 343 g/mol. The molecule has 1 aliphatic heterocycles. The van der Waals surface area contributed by atoms with Gasteiger partial charge in [-0.05, 0) is 30.3 Å². The molecule has 0 radical (unpaired) electrons. The number of halogens is 1. The van der Waals surface area contributed by atoms with Crippen molar-refractivity contribution in [2.24, 2.45) is 0 Å². The van der Waals surface area contributed by atoms with Crippen LogP contribution in [0.5, 0.6) is 0 Å². The van der Waals surface area contributed by atoms with Crippen molar-refractivity contribution >= 4 is 18.0 Å². The fraction of sp³-hybridized carbons (Fsp3) is 0.263. The third-order valence-electron chi connectivity index (χ3n) is 4.04. The van der Waals surface area contributed by atoms with Crippen molar-refractivity contribution in [2.45, 2.75) is 18.9 Å². The van der Waals surface area contributed by atoms with Crippen LogP contribution in [0.1, 0.15) is 29.0 Å². The summed E-state index contributed by atoms with van der Waals surface area (Å²) in [5, 5.41) is 0. The van der Waals surface area contributed by atoms with Gasteiger partial charge in [0.2, 0.25) is 0 Å². The van der Waals surface area contributed by atoms with Crippen LogP contribution < -0.4 is 0 Å². The molecule has 1 amide bonds. The molecule has 1 aromatic carbocycles. The van der Waals surface area contributed by atoms with Crippen LogP contribution in [0, 0.1) is 5.82 Å². The Kier molecular flexibility index (Phi) is 5.28. The van der Waals surface area contributed by atoms with Crippen molar-refractivity contribution in [1.82, 2.24) is 4.90 Å². The fourth-order valence-corrected chi connectivity index (χ4v) is 2.72. The van der Waals surface area contributed by atoms with Crippen LogP contribution in [0.25, 0.3) is 6.08 Å². The normalized spacial score (nSPS) is 15.5. The quantitative estimate of drug-likeness (QED) is 0.631. The number of benzene rings is 1. The Morgan fingerprint density at radius 2 is 1.92 bits per heavy atom. The lowest BCUT2D eigenvalue weighted by Crippen LogP contribution is -2.41. The van der Waals surface area contributed by atoms with Gasteiger partial charge in [-0.3, -0.25) is 4.79 Å². The van der Waals surface area contributed by atoms with E-state index in [1.54, 1.807) is 35.2 Å². The summed E-state index contributed by atoms with van der Waals surface area (Å²) in [5.41, 5.74) is 0.0688. The predicted molar refractivity (Wildman–Crippen MR) is 89.2 cm³/mol. The summed E-state index contributed by atoms with van der Waals surface area (Å²) < 4.78 is 24.2. The molecular weight excluding hydrogens is 325 g/mol. The summed E-state index contributed by atoms with van der Waals surface area (Å²) >= 11 is 0. The Balaban J connectivity index is 1.49. The van der Waals surface area contributed by atoms with Gasteiger partial charge in [0.25, 0.3) is 5.91 Å². The fourth-order valence-electron chi connectivity index (χ4n) is 2.72. The maximum absolute atomic E-state index is 13.7. The standard InChI is InChI=1S/C19H18FNO4/c20-17-6-2-1-5-16(17)19(23)21-11-9-15(10-12-21)25-18(22)8-7-14-4-3-13-24-14/h1-8,13,15H,9-12H2/b8-7+. The molecule has 3 rings (SSSR count). The van der Waals surface area contributed by atoms with E-state index < -0.39 is 11.8 Å². The predicted octanol–water partition coefficient (Wildman–Crippen LogP) is 3.28. The largest absolute Gasteiger partial charge is 0.465 e. The summed E-state index contributed by atoms with van der Waals surface area (Å²) in [4.78, 5) is 25.7. The van der Waals surface area contributed by atoms with E-state index in [-0.39, 0.29) is 17.6 Å². The van der Waals surface area contributed by atoms with Crippen molar-refractivity contribution in [2.75, 3.05) is 13.1 Å². The van der Waals surface area contributed by atoms with E-state index in [4.69, 9.17) is 9.15 Å². The Labute approximate surface area is 144 Å². The molecule has 5 nitrogen and oxygen atoms in total. The number of ether oxygens (including phenoxy) is 1. The zero-order valence-corrected chi connectivity index (χ0v) is 13.6. The number of nitrogens with zero attached hydrogens (tertiary/aromatic N) is 1. The van der Waals surface area contributed by atoms with E-state index in [9.17, 15) is 14.0 Å². The maximum Gasteiger partial charge on any atom is 0.331 e. The van der Waals surface area contributed by atoms with Crippen molar-refractivity contribution in [3.8, 4) is 0 Å². The number of likely N-dealkylation sites (tertiary alicyclic amines) is 1. The average Bonchev–Trinajstić information content (AvgIpc) is 3.14. The van der Waals surface area contributed by atoms with Gasteiger partial charge >= 0.3 is 5.97 Å². The van der Waals surface area contributed by atoms with Gasteiger partial charge in [-0.25, -0.2) is 9.18 Å². The lowest BCUT2D eigenvalue weighted by Gasteiger charge is -2.31. The highest BCUT2D eigenvalue weighted by Crippen LogP contribution is 2.18. The lowest BCUT2D eigenvalue weighted by atomic mass is 10.1. The monoisotopic (exact) mass is 343 g/mol. The highest BCUT2D eigenvalue weighted by molar-refractivity contribution is 5.94. The summed E-state index contributed by atoms with van der Waals surface area (Å²) in [7, 11) is 0. The second kappa shape index (κ2) is 7.79. The molecule has 0 N–H and O–H groups in total. The number of hydrogen-bond acceptors (Lipinski definition) is 4. The molecule has 0 aliphatic carbocycles. The van der Waals surface area contributed by atoms with Gasteiger partial charge in [0.05, 0.1) is 11.8 Å². The Hall–Kier alpha value is -2.89. The minimum absolute atomic E-state index is 0.0688. The molecular formula is C19H18FNO4. The molecule has 1 saturated heterocycles. The molecule has 2 heterocycles. The van der Waals surface area contributed by atoms with Gasteiger partial charge < -0.3 is 14.1 Å². The second-order valence-electron chi connectivity index (χ2n) is 5.76. The van der Waals surface area contributed by atoms with E-state index in [0.29, 0.717) is 31.7 Å². The van der Waals surface area contributed by atoms with Crippen LogP contribution in [0.2, 0.25) is 0 Å². The number of furan rings is 1. The number of hydrogen-bond donors (Lipinski definition) is 0. The van der Waals surface area contributed by atoms with Crippen molar-refractivity contribution < 1.29 is 23.1 Å². The smallest absolute Gasteiger partial charge is 0.331 e. The van der Waals surface area contributed by atoms with Gasteiger partial charge in [-0.15, -0.1) is 0 Å². The molecule has 0 atom stereocenters. The van der Waals surface area contributed by atoms with Crippen molar-refractivity contribution in [1.29, 1.82) is 0 Å². The maximum atomic E-state index is 13.7. The molecule has 25 heavy (non-hydrogen) atoms. The Morgan fingerprint density at radius 1 is 1.16 bits per heavy atom. The van der Waals surface area contributed by atoms with E-state index in [1.165, 1.54) is 24.5 Å².